The SMILES string of the molecule is c1ccc(-c2ncn3cc4ccccc4cc23)cc1. The van der Waals surface area contributed by atoms with E-state index < -0.39 is 0 Å². The molecule has 2 aromatic carbocycles. The zero-order chi connectivity index (χ0) is 12.7. The van der Waals surface area contributed by atoms with E-state index in [0.717, 1.165) is 16.8 Å². The molecule has 0 atom stereocenters. The maximum Gasteiger partial charge on any atom is 0.1000 e. The number of hydrogen-bond acceptors (Lipinski definition) is 1. The van der Waals surface area contributed by atoms with Gasteiger partial charge in [-0.25, -0.2) is 4.98 Å². The van der Waals surface area contributed by atoms with E-state index in [1.807, 2.05) is 24.5 Å². The number of rotatable bonds is 1. The number of pyridine rings is 1. The highest BCUT2D eigenvalue weighted by atomic mass is 15.0. The molecule has 0 amide bonds. The van der Waals surface area contributed by atoms with Gasteiger partial charge in [0.15, 0.2) is 0 Å². The van der Waals surface area contributed by atoms with Crippen LogP contribution >= 0.6 is 0 Å². The summed E-state index contributed by atoms with van der Waals surface area (Å²) in [5.74, 6) is 0. The van der Waals surface area contributed by atoms with Crippen molar-refractivity contribution in [3.8, 4) is 11.3 Å². The summed E-state index contributed by atoms with van der Waals surface area (Å²) in [6.45, 7) is 0. The highest BCUT2D eigenvalue weighted by Crippen LogP contribution is 2.25. The van der Waals surface area contributed by atoms with Crippen LogP contribution in [0, 0.1) is 0 Å². The summed E-state index contributed by atoms with van der Waals surface area (Å²) in [4.78, 5) is 4.55. The van der Waals surface area contributed by atoms with Crippen LogP contribution in [0.2, 0.25) is 0 Å². The molecule has 0 saturated carbocycles. The van der Waals surface area contributed by atoms with Crippen LogP contribution < -0.4 is 0 Å². The third-order valence-electron chi connectivity index (χ3n) is 3.45. The lowest BCUT2D eigenvalue weighted by Gasteiger charge is -2.02. The molecule has 0 unspecified atom stereocenters. The molecule has 0 N–H and O–H groups in total. The molecule has 2 heteroatoms. The normalized spacial score (nSPS) is 11.2. The van der Waals surface area contributed by atoms with Crippen LogP contribution in [-0.2, 0) is 0 Å². The highest BCUT2D eigenvalue weighted by molar-refractivity contribution is 5.89. The fraction of sp³-hybridized carbons (Fsp3) is 0. The fourth-order valence-corrected chi connectivity index (χ4v) is 2.49. The van der Waals surface area contributed by atoms with Gasteiger partial charge in [-0.1, -0.05) is 54.6 Å². The van der Waals surface area contributed by atoms with Crippen LogP contribution in [-0.4, -0.2) is 9.38 Å². The largest absolute Gasteiger partial charge is 0.305 e. The minimum absolute atomic E-state index is 1.03. The van der Waals surface area contributed by atoms with Gasteiger partial charge in [0.1, 0.15) is 0 Å². The first kappa shape index (κ1) is 10.3. The third kappa shape index (κ3) is 1.61. The van der Waals surface area contributed by atoms with Crippen LogP contribution in [0.3, 0.4) is 0 Å². The van der Waals surface area contributed by atoms with Crippen LogP contribution in [0.5, 0.6) is 0 Å². The third-order valence-corrected chi connectivity index (χ3v) is 3.45. The second kappa shape index (κ2) is 3.95. The van der Waals surface area contributed by atoms with Crippen LogP contribution in [0.4, 0.5) is 0 Å². The molecule has 0 spiro atoms. The molecule has 0 radical (unpaired) electrons. The maximum absolute atomic E-state index is 4.55. The van der Waals surface area contributed by atoms with Crippen molar-refractivity contribution in [2.45, 2.75) is 0 Å². The first-order valence-corrected chi connectivity index (χ1v) is 6.33. The van der Waals surface area contributed by atoms with Gasteiger partial charge in [-0.2, -0.15) is 0 Å². The van der Waals surface area contributed by atoms with E-state index >= 15 is 0 Å². The number of imidazole rings is 1. The van der Waals surface area contributed by atoms with Gasteiger partial charge in [0.05, 0.1) is 17.5 Å². The molecule has 4 rings (SSSR count). The quantitative estimate of drug-likeness (QED) is 0.491. The zero-order valence-electron chi connectivity index (χ0n) is 10.3. The van der Waals surface area contributed by atoms with Crippen molar-refractivity contribution in [2.24, 2.45) is 0 Å². The lowest BCUT2D eigenvalue weighted by Crippen LogP contribution is -1.84. The van der Waals surface area contributed by atoms with E-state index in [9.17, 15) is 0 Å². The van der Waals surface area contributed by atoms with Crippen LogP contribution in [0.1, 0.15) is 0 Å². The summed E-state index contributed by atoms with van der Waals surface area (Å²) in [5.41, 5.74) is 3.33. The maximum atomic E-state index is 4.55. The first-order valence-electron chi connectivity index (χ1n) is 6.33. The molecule has 0 fully saturated rings. The molecule has 4 aromatic rings. The Morgan fingerprint density at radius 2 is 1.53 bits per heavy atom. The van der Waals surface area contributed by atoms with E-state index in [0.29, 0.717) is 0 Å². The highest BCUT2D eigenvalue weighted by Gasteiger charge is 2.07. The topological polar surface area (TPSA) is 17.3 Å². The number of hydrogen-bond donors (Lipinski definition) is 0. The van der Waals surface area contributed by atoms with Crippen molar-refractivity contribution < 1.29 is 0 Å². The smallest absolute Gasteiger partial charge is 0.1000 e. The molecule has 2 nitrogen and oxygen atoms in total. The second-order valence-corrected chi connectivity index (χ2v) is 4.65. The Labute approximate surface area is 111 Å². The van der Waals surface area contributed by atoms with E-state index in [4.69, 9.17) is 0 Å². The van der Waals surface area contributed by atoms with Gasteiger partial charge < -0.3 is 4.40 Å². The number of fused-ring (bicyclic) bond motifs is 2. The van der Waals surface area contributed by atoms with Crippen molar-refractivity contribution in [1.29, 1.82) is 0 Å². The number of aromatic nitrogens is 2. The molecule has 2 aromatic heterocycles. The van der Waals surface area contributed by atoms with Gasteiger partial charge in [0.25, 0.3) is 0 Å². The van der Waals surface area contributed by atoms with Gasteiger partial charge in [0, 0.05) is 11.8 Å². The van der Waals surface area contributed by atoms with Crippen LogP contribution in [0.15, 0.2) is 73.2 Å². The van der Waals surface area contributed by atoms with Gasteiger partial charge in [-0.15, -0.1) is 0 Å². The van der Waals surface area contributed by atoms with Crippen molar-refractivity contribution in [2.75, 3.05) is 0 Å². The Hall–Kier alpha value is -2.61. The Balaban J connectivity index is 2.05. The van der Waals surface area contributed by atoms with Gasteiger partial charge >= 0.3 is 0 Å². The summed E-state index contributed by atoms with van der Waals surface area (Å²) in [6.07, 6.45) is 4.01. The van der Waals surface area contributed by atoms with Crippen molar-refractivity contribution in [1.82, 2.24) is 9.38 Å². The Morgan fingerprint density at radius 3 is 2.37 bits per heavy atom. The predicted octanol–water partition coefficient (Wildman–Crippen LogP) is 4.15. The molecule has 0 aliphatic rings. The lowest BCUT2D eigenvalue weighted by molar-refractivity contribution is 1.17. The standard InChI is InChI=1S/C17H12N2/c1-2-6-13(7-3-1)17-16-10-14-8-4-5-9-15(14)11-19(16)12-18-17/h1-12H. The minimum Gasteiger partial charge on any atom is -0.305 e. The van der Waals surface area contributed by atoms with E-state index in [1.165, 1.54) is 10.8 Å². The van der Waals surface area contributed by atoms with Crippen molar-refractivity contribution >= 4 is 16.3 Å². The molecule has 0 saturated heterocycles. The monoisotopic (exact) mass is 244 g/mol. The first-order chi connectivity index (χ1) is 9.42. The number of nitrogens with zero attached hydrogens (tertiary/aromatic N) is 2. The van der Waals surface area contributed by atoms with E-state index in [2.05, 4.69) is 58.0 Å². The summed E-state index contributed by atoms with van der Waals surface area (Å²) >= 11 is 0. The van der Waals surface area contributed by atoms with Crippen molar-refractivity contribution in [3.05, 3.63) is 73.2 Å². The minimum atomic E-state index is 1.03. The van der Waals surface area contributed by atoms with E-state index in [1.54, 1.807) is 0 Å². The molecular formula is C17H12N2. The lowest BCUT2D eigenvalue weighted by atomic mass is 10.1. The Kier molecular flexibility index (Phi) is 2.15. The molecule has 19 heavy (non-hydrogen) atoms. The average Bonchev–Trinajstić information content (AvgIpc) is 2.88. The summed E-state index contributed by atoms with van der Waals surface area (Å²) in [7, 11) is 0. The molecule has 0 bridgehead atoms. The molecule has 0 aliphatic heterocycles. The zero-order valence-corrected chi connectivity index (χ0v) is 10.3. The van der Waals surface area contributed by atoms with Gasteiger partial charge in [-0.05, 0) is 16.8 Å². The predicted molar refractivity (Wildman–Crippen MR) is 78.1 cm³/mol. The molecule has 0 aliphatic carbocycles. The Bertz CT molecular complexity index is 860. The average molecular weight is 244 g/mol. The van der Waals surface area contributed by atoms with Crippen molar-refractivity contribution in [3.63, 3.8) is 0 Å². The summed E-state index contributed by atoms with van der Waals surface area (Å²) < 4.78 is 2.09. The fourth-order valence-electron chi connectivity index (χ4n) is 2.49. The summed E-state index contributed by atoms with van der Waals surface area (Å²) in [5, 5.41) is 2.47. The summed E-state index contributed by atoms with van der Waals surface area (Å²) in [6, 6.07) is 20.9. The second-order valence-electron chi connectivity index (χ2n) is 4.65. The number of benzene rings is 2. The van der Waals surface area contributed by atoms with Gasteiger partial charge in [-0.3, -0.25) is 0 Å². The molecular weight excluding hydrogens is 232 g/mol. The van der Waals surface area contributed by atoms with Crippen LogP contribution in [0.25, 0.3) is 27.5 Å². The Morgan fingerprint density at radius 1 is 0.789 bits per heavy atom. The molecule has 90 valence electrons. The van der Waals surface area contributed by atoms with Gasteiger partial charge in [0.2, 0.25) is 0 Å². The van der Waals surface area contributed by atoms with E-state index in [-0.39, 0.29) is 0 Å². The molecule has 2 heterocycles.